The number of aliphatic hydroxyl groups is 1. The summed E-state index contributed by atoms with van der Waals surface area (Å²) in [5, 5.41) is 9.85. The van der Waals surface area contributed by atoms with Gasteiger partial charge in [-0.05, 0) is 42.9 Å². The Morgan fingerprint density at radius 3 is 2.78 bits per heavy atom. The van der Waals surface area contributed by atoms with Crippen molar-refractivity contribution in [1.29, 1.82) is 0 Å². The molecule has 3 aliphatic rings. The molecule has 0 bridgehead atoms. The molecule has 0 unspecified atom stereocenters. The van der Waals surface area contributed by atoms with E-state index < -0.39 is 12.1 Å². The van der Waals surface area contributed by atoms with E-state index in [2.05, 4.69) is 20.4 Å². The first-order valence-electron chi connectivity index (χ1n) is 8.60. The number of fused-ring (bicyclic) bond motifs is 1. The summed E-state index contributed by atoms with van der Waals surface area (Å²) in [5.41, 5.74) is 1.64. The Balaban J connectivity index is 1.84. The van der Waals surface area contributed by atoms with Crippen LogP contribution in [0.2, 0.25) is 0 Å². The van der Waals surface area contributed by atoms with Crippen molar-refractivity contribution in [2.75, 3.05) is 6.61 Å². The number of carbonyl (C=O) groups excluding carboxylic acids is 2. The predicted octanol–water partition coefficient (Wildman–Crippen LogP) is 2.81. The van der Waals surface area contributed by atoms with Crippen molar-refractivity contribution in [2.45, 2.75) is 52.1 Å². The monoisotopic (exact) mass is 318 g/mol. The van der Waals surface area contributed by atoms with Gasteiger partial charge in [0.1, 0.15) is 18.5 Å². The van der Waals surface area contributed by atoms with Gasteiger partial charge >= 0.3 is 5.97 Å². The van der Waals surface area contributed by atoms with E-state index in [4.69, 9.17) is 4.74 Å². The van der Waals surface area contributed by atoms with Crippen LogP contribution in [-0.4, -0.2) is 29.6 Å². The molecule has 1 N–H and O–H groups in total. The van der Waals surface area contributed by atoms with E-state index in [1.165, 1.54) is 5.57 Å². The van der Waals surface area contributed by atoms with Crippen LogP contribution in [0.1, 0.15) is 46.0 Å². The van der Waals surface area contributed by atoms with Gasteiger partial charge in [-0.15, -0.1) is 0 Å². The number of carbonyl (C=O) groups is 2. The Kier molecular flexibility index (Phi) is 4.21. The number of rotatable bonds is 2. The van der Waals surface area contributed by atoms with Gasteiger partial charge < -0.3 is 9.84 Å². The fourth-order valence-electron chi connectivity index (χ4n) is 4.96. The number of ether oxygens (including phenoxy) is 1. The molecule has 0 aromatic heterocycles. The minimum Gasteiger partial charge on any atom is -0.459 e. The second-order valence-corrected chi connectivity index (χ2v) is 7.63. The number of ketones is 1. The van der Waals surface area contributed by atoms with Crippen LogP contribution in [0, 0.1) is 23.2 Å². The maximum absolute atomic E-state index is 12.1. The zero-order valence-corrected chi connectivity index (χ0v) is 14.0. The van der Waals surface area contributed by atoms with Gasteiger partial charge in [-0.3, -0.25) is 4.79 Å². The highest BCUT2D eigenvalue weighted by Gasteiger charge is 2.50. The molecule has 3 rings (SSSR count). The van der Waals surface area contributed by atoms with Crippen molar-refractivity contribution >= 4 is 11.8 Å². The van der Waals surface area contributed by atoms with Crippen molar-refractivity contribution in [3.8, 4) is 0 Å². The molecule has 2 aliphatic carbocycles. The van der Waals surface area contributed by atoms with E-state index in [1.54, 1.807) is 0 Å². The molecule has 1 aliphatic heterocycles. The van der Waals surface area contributed by atoms with E-state index in [0.717, 1.165) is 19.3 Å². The number of allylic oxidation sites excluding steroid dienone is 2. The standard InChI is InChI=1S/C19H26O4/c1-11-4-6-15-12(2)16(20)8-9-19(15,3)14(11)7-5-13-17(21)10-23-18(13)22/h5,12,14-15,17,21H,1,4,6-10H2,2-3H3/b13-5+/t12-,14-,15-,17-,19+/m1/s1. The number of Topliss-reactive ketones (excluding diaryl/α,β-unsaturated/α-hetero) is 1. The smallest absolute Gasteiger partial charge is 0.336 e. The van der Waals surface area contributed by atoms with Gasteiger partial charge in [-0.2, -0.15) is 0 Å². The van der Waals surface area contributed by atoms with E-state index in [1.807, 2.05) is 6.08 Å². The fraction of sp³-hybridized carbons (Fsp3) is 0.684. The predicted molar refractivity (Wildman–Crippen MR) is 86.5 cm³/mol. The summed E-state index contributed by atoms with van der Waals surface area (Å²) in [6.07, 6.45) is 5.21. The van der Waals surface area contributed by atoms with E-state index in [9.17, 15) is 14.7 Å². The third-order valence-corrected chi connectivity index (χ3v) is 6.47. The first-order valence-corrected chi connectivity index (χ1v) is 8.60. The third-order valence-electron chi connectivity index (χ3n) is 6.47. The van der Waals surface area contributed by atoms with Crippen LogP contribution in [0.15, 0.2) is 23.8 Å². The Labute approximate surface area is 137 Å². The molecule has 5 atom stereocenters. The van der Waals surface area contributed by atoms with Crippen LogP contribution in [0.4, 0.5) is 0 Å². The van der Waals surface area contributed by atoms with Gasteiger partial charge in [0.25, 0.3) is 0 Å². The lowest BCUT2D eigenvalue weighted by atomic mass is 9.51. The molecule has 0 aromatic rings. The minimum absolute atomic E-state index is 0.0488. The lowest BCUT2D eigenvalue weighted by molar-refractivity contribution is -0.135. The second-order valence-electron chi connectivity index (χ2n) is 7.63. The molecule has 1 saturated heterocycles. The highest BCUT2D eigenvalue weighted by atomic mass is 16.6. The lowest BCUT2D eigenvalue weighted by Crippen LogP contribution is -2.48. The van der Waals surface area contributed by atoms with Gasteiger partial charge in [0.2, 0.25) is 0 Å². The number of aliphatic hydroxyl groups excluding tert-OH is 1. The van der Waals surface area contributed by atoms with Crippen molar-refractivity contribution < 1.29 is 19.4 Å². The van der Waals surface area contributed by atoms with Crippen molar-refractivity contribution in [1.82, 2.24) is 0 Å². The van der Waals surface area contributed by atoms with E-state index in [-0.39, 0.29) is 23.9 Å². The minimum atomic E-state index is -0.810. The van der Waals surface area contributed by atoms with Crippen LogP contribution >= 0.6 is 0 Å². The molecule has 0 amide bonds. The van der Waals surface area contributed by atoms with Crippen LogP contribution in [-0.2, 0) is 14.3 Å². The molecule has 0 spiro atoms. The Bertz CT molecular complexity index is 576. The maximum Gasteiger partial charge on any atom is 0.336 e. The van der Waals surface area contributed by atoms with Gasteiger partial charge in [-0.25, -0.2) is 4.79 Å². The zero-order chi connectivity index (χ0) is 16.8. The van der Waals surface area contributed by atoms with E-state index in [0.29, 0.717) is 30.1 Å². The maximum atomic E-state index is 12.1. The molecular formula is C19H26O4. The van der Waals surface area contributed by atoms with Crippen molar-refractivity contribution in [3.63, 3.8) is 0 Å². The first-order chi connectivity index (χ1) is 10.8. The Morgan fingerprint density at radius 2 is 2.13 bits per heavy atom. The molecule has 23 heavy (non-hydrogen) atoms. The molecule has 4 heteroatoms. The summed E-state index contributed by atoms with van der Waals surface area (Å²) in [5.74, 6) is 0.724. The molecule has 1 heterocycles. The summed E-state index contributed by atoms with van der Waals surface area (Å²) in [7, 11) is 0. The molecule has 3 fully saturated rings. The van der Waals surface area contributed by atoms with Crippen LogP contribution < -0.4 is 0 Å². The quantitative estimate of drug-likeness (QED) is 0.483. The number of hydrogen-bond donors (Lipinski definition) is 1. The second kappa shape index (κ2) is 5.90. The fourth-order valence-corrected chi connectivity index (χ4v) is 4.96. The largest absolute Gasteiger partial charge is 0.459 e. The summed E-state index contributed by atoms with van der Waals surface area (Å²) in [4.78, 5) is 23.8. The van der Waals surface area contributed by atoms with Crippen LogP contribution in [0.25, 0.3) is 0 Å². The first kappa shape index (κ1) is 16.4. The highest BCUT2D eigenvalue weighted by molar-refractivity contribution is 5.91. The van der Waals surface area contributed by atoms with Gasteiger partial charge in [-0.1, -0.05) is 32.1 Å². The summed E-state index contributed by atoms with van der Waals surface area (Å²) in [6.45, 7) is 8.66. The third kappa shape index (κ3) is 2.67. The summed E-state index contributed by atoms with van der Waals surface area (Å²) < 4.78 is 4.88. The number of esters is 1. The van der Waals surface area contributed by atoms with Crippen molar-refractivity contribution in [2.24, 2.45) is 23.2 Å². The number of cyclic esters (lactones) is 1. The van der Waals surface area contributed by atoms with Crippen LogP contribution in [0.3, 0.4) is 0 Å². The summed E-state index contributed by atoms with van der Waals surface area (Å²) >= 11 is 0. The molecule has 4 nitrogen and oxygen atoms in total. The molecular weight excluding hydrogens is 292 g/mol. The van der Waals surface area contributed by atoms with Gasteiger partial charge in [0, 0.05) is 12.3 Å². The van der Waals surface area contributed by atoms with E-state index >= 15 is 0 Å². The topological polar surface area (TPSA) is 63.6 Å². The van der Waals surface area contributed by atoms with Crippen LogP contribution in [0.5, 0.6) is 0 Å². The highest BCUT2D eigenvalue weighted by Crippen LogP contribution is 2.57. The zero-order valence-electron chi connectivity index (χ0n) is 14.0. The number of hydrogen-bond acceptors (Lipinski definition) is 4. The van der Waals surface area contributed by atoms with Crippen molar-refractivity contribution in [3.05, 3.63) is 23.8 Å². The average molecular weight is 318 g/mol. The van der Waals surface area contributed by atoms with Gasteiger partial charge in [0.15, 0.2) is 0 Å². The molecule has 0 aromatic carbocycles. The molecule has 2 saturated carbocycles. The van der Waals surface area contributed by atoms with Gasteiger partial charge in [0.05, 0.1) is 5.57 Å². The normalized spacial score (nSPS) is 42.7. The SMILES string of the molecule is C=C1CC[C@@H]2[C@@H](C)C(=O)CC[C@@]2(C)[C@@H]1C/C=C1/C(=O)OC[C@H]1O. The Hall–Kier alpha value is -1.42. The summed E-state index contributed by atoms with van der Waals surface area (Å²) in [6, 6.07) is 0. The lowest BCUT2D eigenvalue weighted by Gasteiger charge is -2.53. The average Bonchev–Trinajstić information content (AvgIpc) is 2.82. The molecule has 126 valence electrons. The Morgan fingerprint density at radius 1 is 1.39 bits per heavy atom. The molecule has 0 radical (unpaired) electrons.